The minimum absolute atomic E-state index is 0.0621. The lowest BCUT2D eigenvalue weighted by Gasteiger charge is -2.43. The molecule has 0 spiro atoms. The Morgan fingerprint density at radius 3 is 2.42 bits per heavy atom. The van der Waals surface area contributed by atoms with Crippen molar-refractivity contribution in [3.05, 3.63) is 0 Å². The molecule has 110 valence electrons. The van der Waals surface area contributed by atoms with E-state index in [1.165, 1.54) is 0 Å². The molecule has 2 amide bonds. The highest BCUT2D eigenvalue weighted by Crippen LogP contribution is 2.28. The topological polar surface area (TPSA) is 98.6 Å². The zero-order chi connectivity index (χ0) is 14.8. The Labute approximate surface area is 114 Å². The van der Waals surface area contributed by atoms with Crippen molar-refractivity contribution in [3.8, 4) is 0 Å². The van der Waals surface area contributed by atoms with Crippen LogP contribution in [0.15, 0.2) is 0 Å². The van der Waals surface area contributed by atoms with Crippen LogP contribution >= 0.6 is 0 Å². The number of likely N-dealkylation sites (tertiary alicyclic amines) is 1. The van der Waals surface area contributed by atoms with Crippen LogP contribution < -0.4 is 11.5 Å². The Balaban J connectivity index is 2.64. The number of primary amides is 1. The van der Waals surface area contributed by atoms with Gasteiger partial charge < -0.3 is 21.1 Å². The first-order chi connectivity index (χ1) is 8.52. The minimum atomic E-state index is -0.607. The predicted molar refractivity (Wildman–Crippen MR) is 72.4 cm³/mol. The molecule has 0 bridgehead atoms. The van der Waals surface area contributed by atoms with Crippen molar-refractivity contribution in [3.63, 3.8) is 0 Å². The van der Waals surface area contributed by atoms with E-state index in [1.54, 1.807) is 4.90 Å². The largest absolute Gasteiger partial charge is 0.444 e. The SMILES string of the molecule is CC1CC(N)(CC(N)=O)CCN1C(=O)OC(C)(C)C. The van der Waals surface area contributed by atoms with Crippen molar-refractivity contribution in [2.75, 3.05) is 6.54 Å². The van der Waals surface area contributed by atoms with Gasteiger partial charge in [-0.1, -0.05) is 0 Å². The molecule has 0 radical (unpaired) electrons. The van der Waals surface area contributed by atoms with Crippen molar-refractivity contribution in [1.82, 2.24) is 4.90 Å². The van der Waals surface area contributed by atoms with Gasteiger partial charge in [-0.25, -0.2) is 4.79 Å². The lowest BCUT2D eigenvalue weighted by molar-refractivity contribution is -0.119. The number of nitrogens with zero attached hydrogens (tertiary/aromatic N) is 1. The van der Waals surface area contributed by atoms with Gasteiger partial charge in [0.2, 0.25) is 5.91 Å². The van der Waals surface area contributed by atoms with Crippen LogP contribution in [-0.4, -0.2) is 40.6 Å². The molecule has 1 saturated heterocycles. The molecular weight excluding hydrogens is 246 g/mol. The lowest BCUT2D eigenvalue weighted by atomic mass is 9.82. The molecule has 0 aromatic heterocycles. The molecule has 19 heavy (non-hydrogen) atoms. The van der Waals surface area contributed by atoms with Crippen molar-refractivity contribution < 1.29 is 14.3 Å². The summed E-state index contributed by atoms with van der Waals surface area (Å²) in [6.45, 7) is 7.89. The number of rotatable bonds is 2. The molecule has 0 aliphatic carbocycles. The van der Waals surface area contributed by atoms with Gasteiger partial charge in [-0.05, 0) is 40.5 Å². The van der Waals surface area contributed by atoms with Gasteiger partial charge in [-0.15, -0.1) is 0 Å². The van der Waals surface area contributed by atoms with Crippen LogP contribution in [0.5, 0.6) is 0 Å². The summed E-state index contributed by atoms with van der Waals surface area (Å²) in [5.41, 5.74) is 10.2. The summed E-state index contributed by atoms with van der Waals surface area (Å²) >= 11 is 0. The second-order valence-electron chi connectivity index (χ2n) is 6.48. The number of amides is 2. The fourth-order valence-corrected chi connectivity index (χ4v) is 2.46. The first-order valence-corrected chi connectivity index (χ1v) is 6.59. The van der Waals surface area contributed by atoms with E-state index in [9.17, 15) is 9.59 Å². The molecule has 1 heterocycles. The van der Waals surface area contributed by atoms with Gasteiger partial charge in [0.25, 0.3) is 0 Å². The molecule has 1 fully saturated rings. The molecule has 4 N–H and O–H groups in total. The summed E-state index contributed by atoms with van der Waals surface area (Å²) in [5.74, 6) is -0.402. The normalized spacial score (nSPS) is 28.1. The molecule has 1 aliphatic rings. The summed E-state index contributed by atoms with van der Waals surface area (Å²) in [7, 11) is 0. The first kappa shape index (κ1) is 15.8. The molecule has 2 atom stereocenters. The average Bonchev–Trinajstić information content (AvgIpc) is 2.11. The quantitative estimate of drug-likeness (QED) is 0.782. The monoisotopic (exact) mass is 271 g/mol. The van der Waals surface area contributed by atoms with E-state index in [4.69, 9.17) is 16.2 Å². The van der Waals surface area contributed by atoms with E-state index in [2.05, 4.69) is 0 Å². The molecule has 1 rings (SSSR count). The van der Waals surface area contributed by atoms with Crippen LogP contribution in [0.2, 0.25) is 0 Å². The van der Waals surface area contributed by atoms with Crippen molar-refractivity contribution >= 4 is 12.0 Å². The summed E-state index contributed by atoms with van der Waals surface area (Å²) in [6.07, 6.45) is 0.926. The highest BCUT2D eigenvalue weighted by atomic mass is 16.6. The van der Waals surface area contributed by atoms with Crippen molar-refractivity contribution in [1.29, 1.82) is 0 Å². The molecule has 6 heteroatoms. The third-order valence-electron chi connectivity index (χ3n) is 3.24. The van der Waals surface area contributed by atoms with E-state index in [-0.39, 0.29) is 18.6 Å². The molecule has 0 aromatic rings. The second-order valence-corrected chi connectivity index (χ2v) is 6.48. The Bertz CT molecular complexity index is 365. The number of carbonyl (C=O) groups excluding carboxylic acids is 2. The van der Waals surface area contributed by atoms with Gasteiger partial charge in [0, 0.05) is 24.5 Å². The van der Waals surface area contributed by atoms with Crippen LogP contribution in [-0.2, 0) is 9.53 Å². The van der Waals surface area contributed by atoms with E-state index in [0.717, 1.165) is 0 Å². The summed E-state index contributed by atoms with van der Waals surface area (Å²) in [6, 6.07) is -0.0621. The van der Waals surface area contributed by atoms with Crippen LogP contribution in [0, 0.1) is 0 Å². The van der Waals surface area contributed by atoms with Gasteiger partial charge in [0.15, 0.2) is 0 Å². The summed E-state index contributed by atoms with van der Waals surface area (Å²) in [5, 5.41) is 0. The predicted octanol–water partition coefficient (Wildman–Crippen LogP) is 0.979. The Kier molecular flexibility index (Phi) is 4.45. The van der Waals surface area contributed by atoms with E-state index in [1.807, 2.05) is 27.7 Å². The van der Waals surface area contributed by atoms with Gasteiger partial charge in [0.1, 0.15) is 5.60 Å². The molecule has 0 saturated carbocycles. The van der Waals surface area contributed by atoms with Gasteiger partial charge in [0.05, 0.1) is 0 Å². The lowest BCUT2D eigenvalue weighted by Crippen LogP contribution is -2.57. The number of carbonyl (C=O) groups is 2. The first-order valence-electron chi connectivity index (χ1n) is 6.59. The number of hydrogen-bond acceptors (Lipinski definition) is 4. The van der Waals surface area contributed by atoms with Crippen molar-refractivity contribution in [2.45, 2.75) is 64.1 Å². The van der Waals surface area contributed by atoms with Gasteiger partial charge >= 0.3 is 6.09 Å². The molecular formula is C13H25N3O3. The second kappa shape index (κ2) is 5.36. The summed E-state index contributed by atoms with van der Waals surface area (Å²) < 4.78 is 5.35. The fraction of sp³-hybridized carbons (Fsp3) is 0.846. The zero-order valence-electron chi connectivity index (χ0n) is 12.2. The van der Waals surface area contributed by atoms with E-state index < -0.39 is 17.0 Å². The Morgan fingerprint density at radius 2 is 2.00 bits per heavy atom. The van der Waals surface area contributed by atoms with Crippen molar-refractivity contribution in [2.24, 2.45) is 11.5 Å². The maximum absolute atomic E-state index is 12.0. The number of nitrogens with two attached hydrogens (primary N) is 2. The Morgan fingerprint density at radius 1 is 1.42 bits per heavy atom. The number of ether oxygens (including phenoxy) is 1. The molecule has 0 aromatic carbocycles. The van der Waals surface area contributed by atoms with Crippen LogP contribution in [0.1, 0.15) is 47.0 Å². The third-order valence-corrected chi connectivity index (χ3v) is 3.24. The minimum Gasteiger partial charge on any atom is -0.444 e. The molecule has 1 aliphatic heterocycles. The standard InChI is InChI=1S/C13H25N3O3/c1-9-7-13(15,8-10(14)17)5-6-16(9)11(18)19-12(2,3)4/h9H,5-8,15H2,1-4H3,(H2,14,17). The van der Waals surface area contributed by atoms with Gasteiger partial charge in [-0.2, -0.15) is 0 Å². The molecule has 2 unspecified atom stereocenters. The molecule has 6 nitrogen and oxygen atoms in total. The van der Waals surface area contributed by atoms with Crippen LogP contribution in [0.3, 0.4) is 0 Å². The van der Waals surface area contributed by atoms with Gasteiger partial charge in [-0.3, -0.25) is 4.79 Å². The summed E-state index contributed by atoms with van der Waals surface area (Å²) in [4.78, 5) is 24.7. The van der Waals surface area contributed by atoms with Crippen LogP contribution in [0.25, 0.3) is 0 Å². The highest BCUT2D eigenvalue weighted by Gasteiger charge is 2.39. The van der Waals surface area contributed by atoms with Crippen LogP contribution in [0.4, 0.5) is 4.79 Å². The highest BCUT2D eigenvalue weighted by molar-refractivity contribution is 5.75. The zero-order valence-corrected chi connectivity index (χ0v) is 12.2. The maximum atomic E-state index is 12.0. The average molecular weight is 271 g/mol. The smallest absolute Gasteiger partial charge is 0.410 e. The number of hydrogen-bond donors (Lipinski definition) is 2. The Hall–Kier alpha value is -1.30. The third kappa shape index (κ3) is 4.70. The maximum Gasteiger partial charge on any atom is 0.410 e. The number of piperidine rings is 1. The van der Waals surface area contributed by atoms with E-state index in [0.29, 0.717) is 19.4 Å². The fourth-order valence-electron chi connectivity index (χ4n) is 2.46. The van der Waals surface area contributed by atoms with E-state index >= 15 is 0 Å².